The zero-order chi connectivity index (χ0) is 20.7. The Morgan fingerprint density at radius 1 is 1.17 bits per heavy atom. The quantitative estimate of drug-likeness (QED) is 0.513. The minimum atomic E-state index is -0.945. The minimum absolute atomic E-state index is 0.251. The van der Waals surface area contributed by atoms with Gasteiger partial charge in [0.05, 0.1) is 16.8 Å². The van der Waals surface area contributed by atoms with Crippen LogP contribution in [0.3, 0.4) is 0 Å². The molecule has 6 heteroatoms. The van der Waals surface area contributed by atoms with Crippen molar-refractivity contribution >= 4 is 27.6 Å². The molecule has 0 aliphatic carbocycles. The highest BCUT2D eigenvalue weighted by Gasteiger charge is 2.21. The molecule has 1 saturated heterocycles. The fraction of sp³-hybridized carbons (Fsp3) is 0.250. The predicted octanol–water partition coefficient (Wildman–Crippen LogP) is 4.55. The van der Waals surface area contributed by atoms with Crippen molar-refractivity contribution in [2.45, 2.75) is 18.9 Å². The SMILES string of the molecule is CN1CCCC1COc1ccc2cc(-c3n[nH]c4ccc(C(=O)O)cc34)ccc2c1. The fourth-order valence-corrected chi connectivity index (χ4v) is 4.21. The first-order chi connectivity index (χ1) is 14.6. The highest BCUT2D eigenvalue weighted by molar-refractivity contribution is 6.00. The van der Waals surface area contributed by atoms with Crippen LogP contribution in [0.4, 0.5) is 0 Å². The lowest BCUT2D eigenvalue weighted by Crippen LogP contribution is -2.30. The number of hydrogen-bond donors (Lipinski definition) is 2. The second kappa shape index (κ2) is 7.46. The van der Waals surface area contributed by atoms with Gasteiger partial charge in [-0.2, -0.15) is 5.10 Å². The summed E-state index contributed by atoms with van der Waals surface area (Å²) in [5.74, 6) is -0.0641. The zero-order valence-electron chi connectivity index (χ0n) is 16.8. The molecule has 30 heavy (non-hydrogen) atoms. The largest absolute Gasteiger partial charge is 0.492 e. The van der Waals surface area contributed by atoms with E-state index in [4.69, 9.17) is 4.74 Å². The molecular weight excluding hydrogens is 378 g/mol. The maximum atomic E-state index is 11.3. The van der Waals surface area contributed by atoms with Crippen molar-refractivity contribution in [1.82, 2.24) is 15.1 Å². The molecule has 1 atom stereocenters. The molecule has 3 aromatic carbocycles. The van der Waals surface area contributed by atoms with Gasteiger partial charge in [-0.15, -0.1) is 0 Å². The molecule has 1 aliphatic rings. The Kier molecular flexibility index (Phi) is 4.64. The van der Waals surface area contributed by atoms with Crippen molar-refractivity contribution in [2.75, 3.05) is 20.2 Å². The number of aromatic amines is 1. The van der Waals surface area contributed by atoms with E-state index < -0.39 is 5.97 Å². The second-order valence-electron chi connectivity index (χ2n) is 7.95. The number of carbonyl (C=O) groups is 1. The Bertz CT molecular complexity index is 1250. The molecule has 0 saturated carbocycles. The minimum Gasteiger partial charge on any atom is -0.492 e. The first-order valence-electron chi connectivity index (χ1n) is 10.2. The van der Waals surface area contributed by atoms with E-state index in [1.54, 1.807) is 18.2 Å². The molecule has 4 aromatic rings. The molecule has 152 valence electrons. The number of carboxylic acid groups (broad SMARTS) is 1. The number of likely N-dealkylation sites (N-methyl/N-ethyl adjacent to an activating group) is 1. The topological polar surface area (TPSA) is 78.5 Å². The lowest BCUT2D eigenvalue weighted by atomic mass is 10.0. The van der Waals surface area contributed by atoms with Gasteiger partial charge in [0.25, 0.3) is 0 Å². The Morgan fingerprint density at radius 2 is 2.00 bits per heavy atom. The van der Waals surface area contributed by atoms with Gasteiger partial charge in [-0.25, -0.2) is 4.79 Å². The van der Waals surface area contributed by atoms with Crippen molar-refractivity contribution in [3.63, 3.8) is 0 Å². The number of H-pyrrole nitrogens is 1. The van der Waals surface area contributed by atoms with Gasteiger partial charge in [0.15, 0.2) is 0 Å². The lowest BCUT2D eigenvalue weighted by molar-refractivity contribution is 0.0697. The van der Waals surface area contributed by atoms with Gasteiger partial charge in [0.1, 0.15) is 12.4 Å². The molecule has 0 spiro atoms. The smallest absolute Gasteiger partial charge is 0.335 e. The number of hydrogen-bond acceptors (Lipinski definition) is 4. The van der Waals surface area contributed by atoms with E-state index in [1.807, 2.05) is 12.1 Å². The number of nitrogens with one attached hydrogen (secondary N) is 1. The van der Waals surface area contributed by atoms with E-state index in [2.05, 4.69) is 46.4 Å². The van der Waals surface area contributed by atoms with Crippen molar-refractivity contribution in [1.29, 1.82) is 0 Å². The molecule has 0 bridgehead atoms. The van der Waals surface area contributed by atoms with Crippen LogP contribution in [-0.2, 0) is 0 Å². The Morgan fingerprint density at radius 3 is 2.80 bits per heavy atom. The summed E-state index contributed by atoms with van der Waals surface area (Å²) in [5.41, 5.74) is 2.76. The number of aromatic nitrogens is 2. The maximum Gasteiger partial charge on any atom is 0.335 e. The third kappa shape index (κ3) is 3.39. The fourth-order valence-electron chi connectivity index (χ4n) is 4.21. The number of carboxylic acids is 1. The van der Waals surface area contributed by atoms with Crippen LogP contribution in [0.2, 0.25) is 0 Å². The highest BCUT2D eigenvalue weighted by Crippen LogP contribution is 2.31. The van der Waals surface area contributed by atoms with Gasteiger partial charge in [-0.1, -0.05) is 18.2 Å². The number of aromatic carboxylic acids is 1. The average molecular weight is 401 g/mol. The summed E-state index contributed by atoms with van der Waals surface area (Å²) in [6, 6.07) is 17.8. The Labute approximate surface area is 174 Å². The number of nitrogens with zero attached hydrogens (tertiary/aromatic N) is 2. The summed E-state index contributed by atoms with van der Waals surface area (Å²) < 4.78 is 6.05. The first kappa shape index (κ1) is 18.6. The van der Waals surface area contributed by atoms with Crippen molar-refractivity contribution < 1.29 is 14.6 Å². The van der Waals surface area contributed by atoms with Crippen LogP contribution in [0.25, 0.3) is 32.9 Å². The molecule has 5 rings (SSSR count). The molecule has 6 nitrogen and oxygen atoms in total. The highest BCUT2D eigenvalue weighted by atomic mass is 16.5. The molecule has 1 aliphatic heterocycles. The van der Waals surface area contributed by atoms with Gasteiger partial charge >= 0.3 is 5.97 Å². The number of likely N-dealkylation sites (tertiary alicyclic amines) is 1. The lowest BCUT2D eigenvalue weighted by Gasteiger charge is -2.19. The number of fused-ring (bicyclic) bond motifs is 2. The summed E-state index contributed by atoms with van der Waals surface area (Å²) >= 11 is 0. The standard InChI is InChI=1S/C24H23N3O3/c1-27-10-2-3-19(27)14-30-20-8-6-15-11-17(5-4-16(15)12-20)23-21-13-18(24(28)29)7-9-22(21)25-26-23/h4-9,11-13,19H,2-3,10,14H2,1H3,(H,25,26)(H,28,29). The third-order valence-electron chi connectivity index (χ3n) is 6.01. The molecule has 0 radical (unpaired) electrons. The van der Waals surface area contributed by atoms with Gasteiger partial charge in [-0.05, 0) is 73.6 Å². The van der Waals surface area contributed by atoms with E-state index in [0.717, 1.165) is 45.2 Å². The summed E-state index contributed by atoms with van der Waals surface area (Å²) in [5, 5.41) is 19.7. The van der Waals surface area contributed by atoms with Crippen LogP contribution < -0.4 is 4.74 Å². The average Bonchev–Trinajstić information content (AvgIpc) is 3.37. The normalized spacial score (nSPS) is 17.0. The van der Waals surface area contributed by atoms with Gasteiger partial charge in [-0.3, -0.25) is 5.10 Å². The molecule has 0 amide bonds. The summed E-state index contributed by atoms with van der Waals surface area (Å²) in [6.45, 7) is 1.86. The molecule has 2 heterocycles. The van der Waals surface area contributed by atoms with Crippen molar-refractivity contribution in [2.24, 2.45) is 0 Å². The van der Waals surface area contributed by atoms with E-state index in [9.17, 15) is 9.90 Å². The number of rotatable bonds is 5. The monoisotopic (exact) mass is 401 g/mol. The maximum absolute atomic E-state index is 11.3. The summed E-state index contributed by atoms with van der Waals surface area (Å²) in [7, 11) is 2.15. The van der Waals surface area contributed by atoms with E-state index in [1.165, 1.54) is 12.8 Å². The van der Waals surface area contributed by atoms with Gasteiger partial charge < -0.3 is 14.7 Å². The van der Waals surface area contributed by atoms with Crippen molar-refractivity contribution in [3.05, 3.63) is 60.2 Å². The number of benzene rings is 3. The van der Waals surface area contributed by atoms with Crippen LogP contribution >= 0.6 is 0 Å². The molecule has 1 fully saturated rings. The molecular formula is C24H23N3O3. The first-order valence-corrected chi connectivity index (χ1v) is 10.2. The number of ether oxygens (including phenoxy) is 1. The van der Waals surface area contributed by atoms with Crippen molar-refractivity contribution in [3.8, 4) is 17.0 Å². The van der Waals surface area contributed by atoms with Crippen LogP contribution in [0, 0.1) is 0 Å². The molecule has 1 unspecified atom stereocenters. The predicted molar refractivity (Wildman–Crippen MR) is 117 cm³/mol. The van der Waals surface area contributed by atoms with Crippen LogP contribution in [-0.4, -0.2) is 52.4 Å². The Hall–Kier alpha value is -3.38. The van der Waals surface area contributed by atoms with Gasteiger partial charge in [0.2, 0.25) is 0 Å². The zero-order valence-corrected chi connectivity index (χ0v) is 16.8. The molecule has 2 N–H and O–H groups in total. The Balaban J connectivity index is 1.43. The van der Waals surface area contributed by atoms with E-state index in [0.29, 0.717) is 12.6 Å². The van der Waals surface area contributed by atoms with Crippen LogP contribution in [0.1, 0.15) is 23.2 Å². The van der Waals surface area contributed by atoms with E-state index >= 15 is 0 Å². The van der Waals surface area contributed by atoms with Gasteiger partial charge in [0, 0.05) is 17.0 Å². The molecule has 1 aromatic heterocycles. The third-order valence-corrected chi connectivity index (χ3v) is 6.01. The van der Waals surface area contributed by atoms with E-state index in [-0.39, 0.29) is 5.56 Å². The van der Waals surface area contributed by atoms with Crippen LogP contribution in [0.5, 0.6) is 5.75 Å². The summed E-state index contributed by atoms with van der Waals surface area (Å²) in [6.07, 6.45) is 2.43. The summed E-state index contributed by atoms with van der Waals surface area (Å²) in [4.78, 5) is 13.7. The second-order valence-corrected chi connectivity index (χ2v) is 7.95. The van der Waals surface area contributed by atoms with Crippen LogP contribution in [0.15, 0.2) is 54.6 Å².